The maximum Gasteiger partial charge on any atom is 0.305 e. The molecule has 0 aliphatic carbocycles. The molecule has 0 amide bonds. The molecule has 1 heterocycles. The molecule has 0 saturated carbocycles. The Morgan fingerprint density at radius 1 is 1.24 bits per heavy atom. The van der Waals surface area contributed by atoms with Gasteiger partial charge in [-0.15, -0.1) is 0 Å². The topological polar surface area (TPSA) is 26.3 Å². The molecule has 0 radical (unpaired) electrons. The molecule has 2 nitrogen and oxygen atoms in total. The minimum absolute atomic E-state index is 0.0102. The lowest BCUT2D eigenvalue weighted by Gasteiger charge is -2.31. The second-order valence-corrected chi connectivity index (χ2v) is 10.2. The van der Waals surface area contributed by atoms with Gasteiger partial charge in [-0.05, 0) is 18.4 Å². The lowest BCUT2D eigenvalue weighted by atomic mass is 10.2. The van der Waals surface area contributed by atoms with Crippen LogP contribution in [-0.2, 0) is 9.53 Å². The second kappa shape index (κ2) is 5.04. The molecule has 1 aliphatic rings. The standard InChI is InChI=1S/C14H20O2Si/c1-17(2,12-7-4-3-5-8-12)13-9-6-10-16-14(15)11-13/h3-5,7-8,13H,6,9-11H2,1-2H3/t13-/m0/s1. The average molecular weight is 248 g/mol. The van der Waals surface area contributed by atoms with Gasteiger partial charge in [0.2, 0.25) is 0 Å². The van der Waals surface area contributed by atoms with Crippen molar-refractivity contribution < 1.29 is 9.53 Å². The first kappa shape index (κ1) is 12.4. The zero-order valence-corrected chi connectivity index (χ0v) is 11.6. The molecular formula is C14H20O2Si. The van der Waals surface area contributed by atoms with E-state index in [4.69, 9.17) is 4.74 Å². The highest BCUT2D eigenvalue weighted by molar-refractivity contribution is 6.91. The van der Waals surface area contributed by atoms with E-state index < -0.39 is 8.07 Å². The van der Waals surface area contributed by atoms with Crippen molar-refractivity contribution in [2.75, 3.05) is 6.61 Å². The monoisotopic (exact) mass is 248 g/mol. The Bertz CT molecular complexity index is 386. The summed E-state index contributed by atoms with van der Waals surface area (Å²) >= 11 is 0. The fourth-order valence-electron chi connectivity index (χ4n) is 2.60. The van der Waals surface area contributed by atoms with E-state index in [0.29, 0.717) is 18.6 Å². The van der Waals surface area contributed by atoms with Crippen LogP contribution in [0.25, 0.3) is 0 Å². The van der Waals surface area contributed by atoms with E-state index in [1.54, 1.807) is 0 Å². The van der Waals surface area contributed by atoms with Gasteiger partial charge in [0.25, 0.3) is 0 Å². The highest BCUT2D eigenvalue weighted by atomic mass is 28.3. The van der Waals surface area contributed by atoms with E-state index in [1.165, 1.54) is 5.19 Å². The largest absolute Gasteiger partial charge is 0.466 e. The molecule has 1 aliphatic heterocycles. The van der Waals surface area contributed by atoms with Gasteiger partial charge in [0, 0.05) is 6.42 Å². The van der Waals surface area contributed by atoms with Gasteiger partial charge in [0.15, 0.2) is 0 Å². The van der Waals surface area contributed by atoms with Crippen molar-refractivity contribution in [2.24, 2.45) is 0 Å². The van der Waals surface area contributed by atoms with E-state index in [1.807, 2.05) is 0 Å². The molecule has 1 aromatic carbocycles. The smallest absolute Gasteiger partial charge is 0.305 e. The van der Waals surface area contributed by atoms with Crippen LogP contribution in [0.15, 0.2) is 30.3 Å². The van der Waals surface area contributed by atoms with Gasteiger partial charge in [-0.1, -0.05) is 48.6 Å². The molecule has 1 fully saturated rings. The summed E-state index contributed by atoms with van der Waals surface area (Å²) in [5, 5.41) is 1.44. The van der Waals surface area contributed by atoms with Crippen LogP contribution in [0.2, 0.25) is 18.6 Å². The van der Waals surface area contributed by atoms with Crippen molar-refractivity contribution >= 4 is 19.2 Å². The fourth-order valence-corrected chi connectivity index (χ4v) is 5.72. The van der Waals surface area contributed by atoms with Crippen molar-refractivity contribution in [1.29, 1.82) is 0 Å². The van der Waals surface area contributed by atoms with Gasteiger partial charge in [-0.3, -0.25) is 4.79 Å². The van der Waals surface area contributed by atoms with Gasteiger partial charge in [-0.2, -0.15) is 0 Å². The minimum atomic E-state index is -1.55. The van der Waals surface area contributed by atoms with Crippen LogP contribution in [0.5, 0.6) is 0 Å². The molecule has 1 saturated heterocycles. The number of hydrogen-bond donors (Lipinski definition) is 0. The third-order valence-electron chi connectivity index (χ3n) is 3.91. The summed E-state index contributed by atoms with van der Waals surface area (Å²) in [6.07, 6.45) is 2.74. The third-order valence-corrected chi connectivity index (χ3v) is 8.27. The predicted molar refractivity (Wildman–Crippen MR) is 72.1 cm³/mol. The molecule has 17 heavy (non-hydrogen) atoms. The van der Waals surface area contributed by atoms with E-state index in [2.05, 4.69) is 43.4 Å². The number of hydrogen-bond acceptors (Lipinski definition) is 2. The van der Waals surface area contributed by atoms with Gasteiger partial charge in [0.1, 0.15) is 0 Å². The Morgan fingerprint density at radius 2 is 1.94 bits per heavy atom. The van der Waals surface area contributed by atoms with Gasteiger partial charge in [-0.25, -0.2) is 0 Å². The summed E-state index contributed by atoms with van der Waals surface area (Å²) in [6.45, 7) is 5.34. The molecule has 92 valence electrons. The van der Waals surface area contributed by atoms with E-state index in [-0.39, 0.29) is 5.97 Å². The first-order chi connectivity index (χ1) is 8.10. The quantitative estimate of drug-likeness (QED) is 0.594. The summed E-state index contributed by atoms with van der Waals surface area (Å²) in [4.78, 5) is 11.6. The van der Waals surface area contributed by atoms with Crippen molar-refractivity contribution in [3.8, 4) is 0 Å². The van der Waals surface area contributed by atoms with Crippen molar-refractivity contribution in [3.05, 3.63) is 30.3 Å². The molecule has 1 aromatic rings. The average Bonchev–Trinajstić information content (AvgIpc) is 2.55. The second-order valence-electron chi connectivity index (χ2n) is 5.35. The Kier molecular flexibility index (Phi) is 3.67. The summed E-state index contributed by atoms with van der Waals surface area (Å²) in [7, 11) is -1.55. The number of benzene rings is 1. The molecule has 2 rings (SSSR count). The molecule has 0 spiro atoms. The summed E-state index contributed by atoms with van der Waals surface area (Å²) in [5.74, 6) is -0.0102. The molecule has 0 bridgehead atoms. The molecule has 1 atom stereocenters. The fraction of sp³-hybridized carbons (Fsp3) is 0.500. The van der Waals surface area contributed by atoms with Crippen LogP contribution in [0.1, 0.15) is 19.3 Å². The molecule has 0 aromatic heterocycles. The number of carbonyl (C=O) groups excluding carboxylic acids is 1. The third kappa shape index (κ3) is 2.78. The van der Waals surface area contributed by atoms with Crippen LogP contribution < -0.4 is 5.19 Å². The SMILES string of the molecule is C[Si](C)(c1ccccc1)[C@H]1CCCOC(=O)C1. The highest BCUT2D eigenvalue weighted by Gasteiger charge is 2.36. The van der Waals surface area contributed by atoms with Crippen LogP contribution in [0, 0.1) is 0 Å². The Morgan fingerprint density at radius 3 is 2.65 bits per heavy atom. The van der Waals surface area contributed by atoms with Crippen LogP contribution in [0.3, 0.4) is 0 Å². The normalized spacial score (nSPS) is 21.8. The molecule has 3 heteroatoms. The van der Waals surface area contributed by atoms with Crippen LogP contribution in [-0.4, -0.2) is 20.7 Å². The highest BCUT2D eigenvalue weighted by Crippen LogP contribution is 2.32. The van der Waals surface area contributed by atoms with E-state index >= 15 is 0 Å². The number of cyclic esters (lactones) is 1. The number of carbonyl (C=O) groups is 1. The first-order valence-corrected chi connectivity index (χ1v) is 9.39. The lowest BCUT2D eigenvalue weighted by molar-refractivity contribution is -0.142. The molecule has 0 unspecified atom stereocenters. The maximum atomic E-state index is 11.6. The van der Waals surface area contributed by atoms with Gasteiger partial charge >= 0.3 is 5.97 Å². The van der Waals surface area contributed by atoms with Gasteiger partial charge in [0.05, 0.1) is 14.7 Å². The zero-order chi connectivity index (χ0) is 12.3. The number of esters is 1. The Labute approximate surface area is 104 Å². The Hall–Kier alpha value is -1.09. The summed E-state index contributed by atoms with van der Waals surface area (Å²) < 4.78 is 5.15. The number of rotatable bonds is 2. The first-order valence-electron chi connectivity index (χ1n) is 6.32. The van der Waals surface area contributed by atoms with Crippen LogP contribution >= 0.6 is 0 Å². The lowest BCUT2D eigenvalue weighted by Crippen LogP contribution is -2.46. The minimum Gasteiger partial charge on any atom is -0.466 e. The summed E-state index contributed by atoms with van der Waals surface area (Å²) in [5.41, 5.74) is 0.514. The van der Waals surface area contributed by atoms with Crippen molar-refractivity contribution in [2.45, 2.75) is 37.9 Å². The summed E-state index contributed by atoms with van der Waals surface area (Å²) in [6, 6.07) is 10.7. The maximum absolute atomic E-state index is 11.6. The number of ether oxygens (including phenoxy) is 1. The van der Waals surface area contributed by atoms with E-state index in [9.17, 15) is 4.79 Å². The van der Waals surface area contributed by atoms with Gasteiger partial charge < -0.3 is 4.74 Å². The predicted octanol–water partition coefficient (Wildman–Crippen LogP) is 2.70. The van der Waals surface area contributed by atoms with Crippen molar-refractivity contribution in [1.82, 2.24) is 0 Å². The molecular weight excluding hydrogens is 228 g/mol. The zero-order valence-electron chi connectivity index (χ0n) is 10.6. The van der Waals surface area contributed by atoms with Crippen LogP contribution in [0.4, 0.5) is 0 Å². The Balaban J connectivity index is 2.22. The van der Waals surface area contributed by atoms with E-state index in [0.717, 1.165) is 12.8 Å². The molecule has 0 N–H and O–H groups in total. The van der Waals surface area contributed by atoms with Crippen molar-refractivity contribution in [3.63, 3.8) is 0 Å².